The third-order valence-corrected chi connectivity index (χ3v) is 10.3. The first-order valence-corrected chi connectivity index (χ1v) is 21.2. The number of likely N-dealkylation sites (tertiary alicyclic amines) is 2. The molecule has 0 aromatic heterocycles. The Morgan fingerprint density at radius 1 is 0.704 bits per heavy atom. The molecule has 0 aliphatic carbocycles. The van der Waals surface area contributed by atoms with E-state index in [-0.39, 0.29) is 23.3 Å². The number of hydrogen-bond donors (Lipinski definition) is 4. The fourth-order valence-electron chi connectivity index (χ4n) is 7.32. The van der Waals surface area contributed by atoms with Gasteiger partial charge in [0, 0.05) is 25.6 Å². The SMILES string of the molecule is CCCCCCCCCC(=O)N[C@H](CN1CCCC1)[C@H](O)c1ccc2c(c1)OCCO2.ClCCl.N[C@H](CN1CCCC1)[C@H](O)c1ccc2c(c1)OCCO2. The van der Waals surface area contributed by atoms with Crippen LogP contribution in [0.5, 0.6) is 23.0 Å². The molecule has 4 aliphatic heterocycles. The van der Waals surface area contributed by atoms with E-state index in [2.05, 4.69) is 22.0 Å². The minimum Gasteiger partial charge on any atom is -0.486 e. The molecule has 0 spiro atoms. The molecule has 6 rings (SSSR count). The second-order valence-electron chi connectivity index (χ2n) is 14.5. The van der Waals surface area contributed by atoms with Gasteiger partial charge in [-0.05, 0) is 93.7 Å². The predicted octanol–water partition coefficient (Wildman–Crippen LogP) is 6.55. The Morgan fingerprint density at radius 3 is 1.67 bits per heavy atom. The average molecular weight is 796 g/mol. The fourth-order valence-corrected chi connectivity index (χ4v) is 7.32. The normalized spacial score (nSPS) is 18.7. The van der Waals surface area contributed by atoms with Crippen LogP contribution in [0, 0.1) is 0 Å². The van der Waals surface area contributed by atoms with Gasteiger partial charge in [0.2, 0.25) is 5.91 Å². The highest BCUT2D eigenvalue weighted by molar-refractivity contribution is 6.40. The van der Waals surface area contributed by atoms with Crippen LogP contribution in [0.3, 0.4) is 0 Å². The first-order chi connectivity index (χ1) is 26.3. The second-order valence-corrected chi connectivity index (χ2v) is 15.3. The minimum absolute atomic E-state index is 0.0364. The molecule has 4 atom stereocenters. The largest absolute Gasteiger partial charge is 0.486 e. The van der Waals surface area contributed by atoms with Gasteiger partial charge in [0.15, 0.2) is 23.0 Å². The van der Waals surface area contributed by atoms with Crippen LogP contribution in [0.4, 0.5) is 0 Å². The first-order valence-electron chi connectivity index (χ1n) is 20.1. The first kappa shape index (κ1) is 44.2. The van der Waals surface area contributed by atoms with Crippen LogP contribution >= 0.6 is 23.2 Å². The number of fused-ring (bicyclic) bond motifs is 2. The number of nitrogens with zero attached hydrogens (tertiary/aromatic N) is 2. The zero-order chi connectivity index (χ0) is 38.5. The summed E-state index contributed by atoms with van der Waals surface area (Å²) < 4.78 is 22.3. The summed E-state index contributed by atoms with van der Waals surface area (Å²) in [6, 6.07) is 10.5. The molecular weight excluding hydrogens is 731 g/mol. The highest BCUT2D eigenvalue weighted by atomic mass is 35.5. The number of alkyl halides is 2. The number of hydrogen-bond acceptors (Lipinski definition) is 10. The van der Waals surface area contributed by atoms with Gasteiger partial charge in [-0.25, -0.2) is 0 Å². The summed E-state index contributed by atoms with van der Waals surface area (Å²) in [7, 11) is 0. The van der Waals surface area contributed by atoms with E-state index in [1.807, 2.05) is 36.4 Å². The molecule has 5 N–H and O–H groups in total. The van der Waals surface area contributed by atoms with Crippen molar-refractivity contribution < 1.29 is 34.0 Å². The van der Waals surface area contributed by atoms with Crippen molar-refractivity contribution in [3.05, 3.63) is 47.5 Å². The van der Waals surface area contributed by atoms with Gasteiger partial charge in [-0.1, -0.05) is 57.6 Å². The van der Waals surface area contributed by atoms with Gasteiger partial charge in [0.1, 0.15) is 32.5 Å². The molecule has 4 aliphatic rings. The Labute approximate surface area is 332 Å². The highest BCUT2D eigenvalue weighted by Gasteiger charge is 2.28. The van der Waals surface area contributed by atoms with E-state index >= 15 is 0 Å². The Bertz CT molecular complexity index is 1360. The Kier molecular flexibility index (Phi) is 20.4. The number of aliphatic hydroxyl groups excluding tert-OH is 2. The van der Waals surface area contributed by atoms with E-state index in [1.54, 1.807) is 0 Å². The van der Waals surface area contributed by atoms with Gasteiger partial charge in [0.05, 0.1) is 17.5 Å². The van der Waals surface area contributed by atoms with Gasteiger partial charge in [-0.15, -0.1) is 23.2 Å². The number of carbonyl (C=O) groups is 1. The summed E-state index contributed by atoms with van der Waals surface area (Å²) >= 11 is 9.53. The summed E-state index contributed by atoms with van der Waals surface area (Å²) in [6.07, 6.45) is 12.2. The zero-order valence-electron chi connectivity index (χ0n) is 32.2. The predicted molar refractivity (Wildman–Crippen MR) is 215 cm³/mol. The van der Waals surface area contributed by atoms with Crippen LogP contribution in [0.1, 0.15) is 107 Å². The van der Waals surface area contributed by atoms with E-state index in [0.717, 1.165) is 62.4 Å². The van der Waals surface area contributed by atoms with Crippen molar-refractivity contribution in [2.24, 2.45) is 5.73 Å². The molecule has 2 fully saturated rings. The van der Waals surface area contributed by atoms with Gasteiger partial charge in [-0.2, -0.15) is 0 Å². The van der Waals surface area contributed by atoms with Crippen LogP contribution in [-0.2, 0) is 4.79 Å². The van der Waals surface area contributed by atoms with Crippen LogP contribution in [0.25, 0.3) is 0 Å². The second kappa shape index (κ2) is 24.9. The van der Waals surface area contributed by atoms with E-state index in [9.17, 15) is 15.0 Å². The van der Waals surface area contributed by atoms with Crippen LogP contribution in [0.2, 0.25) is 0 Å². The van der Waals surface area contributed by atoms with Crippen LogP contribution in [-0.4, -0.2) is 109 Å². The molecule has 0 unspecified atom stereocenters. The van der Waals surface area contributed by atoms with Crippen molar-refractivity contribution in [1.82, 2.24) is 15.1 Å². The van der Waals surface area contributed by atoms with Crippen molar-refractivity contribution >= 4 is 29.1 Å². The number of nitrogens with one attached hydrogen (secondary N) is 1. The lowest BCUT2D eigenvalue weighted by Gasteiger charge is -2.29. The average Bonchev–Trinajstić information content (AvgIpc) is 3.92. The lowest BCUT2D eigenvalue weighted by molar-refractivity contribution is -0.123. The minimum atomic E-state index is -0.783. The molecule has 0 saturated carbocycles. The molecule has 54 heavy (non-hydrogen) atoms. The van der Waals surface area contributed by atoms with Crippen LogP contribution < -0.4 is 30.0 Å². The van der Waals surface area contributed by atoms with E-state index in [1.165, 1.54) is 57.8 Å². The monoisotopic (exact) mass is 794 g/mol. The van der Waals surface area contributed by atoms with Crippen molar-refractivity contribution in [1.29, 1.82) is 0 Å². The summed E-state index contributed by atoms with van der Waals surface area (Å²) in [5.74, 6) is 2.84. The summed E-state index contributed by atoms with van der Waals surface area (Å²) in [5.41, 5.74) is 7.69. The molecule has 2 saturated heterocycles. The Balaban J connectivity index is 0.000000242. The highest BCUT2D eigenvalue weighted by Crippen LogP contribution is 2.35. The summed E-state index contributed by atoms with van der Waals surface area (Å²) in [4.78, 5) is 17.3. The van der Waals surface area contributed by atoms with Gasteiger partial charge in [0.25, 0.3) is 0 Å². The van der Waals surface area contributed by atoms with E-state index in [4.69, 9.17) is 47.9 Å². The lowest BCUT2D eigenvalue weighted by atomic mass is 10.0. The number of unbranched alkanes of at least 4 members (excludes halogenated alkanes) is 6. The molecule has 2 aromatic carbocycles. The molecule has 13 heteroatoms. The van der Waals surface area contributed by atoms with Gasteiger partial charge in [-0.3, -0.25) is 4.79 Å². The van der Waals surface area contributed by atoms with Crippen LogP contribution in [0.15, 0.2) is 36.4 Å². The molecule has 11 nitrogen and oxygen atoms in total. The summed E-state index contributed by atoms with van der Waals surface area (Å²) in [6.45, 7) is 10.0. The standard InChI is InChI=1S/C25H40N2O4.C15H22N2O3.CH2Cl2/c1-2-3-4-5-6-7-8-11-24(28)26-21(19-27-14-9-10-15-27)25(29)20-12-13-22-23(18-20)31-17-16-30-22;16-12(10-17-5-1-2-6-17)15(18)11-3-4-13-14(9-11)20-8-7-19-13;2-1-3/h12-13,18,21,25,29H,2-11,14-17,19H2,1H3,(H,26,28);3-4,9,12,15,18H,1-2,5-8,10,16H2;1H2/t21-,25-;12-,15-;/m11./s1. The Morgan fingerprint density at radius 2 is 1.15 bits per heavy atom. The number of amides is 1. The van der Waals surface area contributed by atoms with E-state index < -0.39 is 12.2 Å². The maximum atomic E-state index is 12.6. The molecular formula is C41H64Cl2N4O7. The molecule has 304 valence electrons. The topological polar surface area (TPSA) is 139 Å². The molecule has 2 aromatic rings. The smallest absolute Gasteiger partial charge is 0.220 e. The third-order valence-electron chi connectivity index (χ3n) is 10.3. The molecule has 0 radical (unpaired) electrons. The quantitative estimate of drug-likeness (QED) is 0.103. The van der Waals surface area contributed by atoms with Crippen molar-refractivity contribution in [2.75, 3.05) is 71.0 Å². The molecule has 4 heterocycles. The number of halogens is 2. The lowest BCUT2D eigenvalue weighted by Crippen LogP contribution is -2.46. The zero-order valence-corrected chi connectivity index (χ0v) is 33.7. The van der Waals surface area contributed by atoms with E-state index in [0.29, 0.717) is 56.6 Å². The van der Waals surface area contributed by atoms with Crippen molar-refractivity contribution in [3.63, 3.8) is 0 Å². The maximum Gasteiger partial charge on any atom is 0.220 e. The van der Waals surface area contributed by atoms with Gasteiger partial charge < -0.3 is 50.0 Å². The number of aliphatic hydroxyl groups is 2. The van der Waals surface area contributed by atoms with Crippen molar-refractivity contribution in [3.8, 4) is 23.0 Å². The molecule has 0 bridgehead atoms. The number of carbonyl (C=O) groups excluding carboxylic acids is 1. The number of ether oxygens (including phenoxy) is 4. The number of benzene rings is 2. The fraction of sp³-hybridized carbons (Fsp3) is 0.683. The number of rotatable bonds is 17. The Hall–Kier alpha value is -2.51. The summed E-state index contributed by atoms with van der Waals surface area (Å²) in [5, 5.41) is 24.9. The van der Waals surface area contributed by atoms with Gasteiger partial charge >= 0.3 is 0 Å². The maximum absolute atomic E-state index is 12.6. The number of nitrogens with two attached hydrogens (primary N) is 1. The third kappa shape index (κ3) is 14.9. The van der Waals surface area contributed by atoms with Crippen molar-refractivity contribution in [2.45, 2.75) is 108 Å². The molecule has 1 amide bonds.